The average Bonchev–Trinajstić information content (AvgIpc) is 2.59. The molecular formula is C18H22NO4+. The van der Waals surface area contributed by atoms with Crippen molar-refractivity contribution in [1.29, 1.82) is 0 Å². The molecule has 2 aromatic rings. The molecule has 0 amide bonds. The molecule has 1 aliphatic heterocycles. The first-order valence-corrected chi connectivity index (χ1v) is 7.63. The lowest BCUT2D eigenvalue weighted by Gasteiger charge is -2.26. The molecule has 3 N–H and O–H groups in total. The highest BCUT2D eigenvalue weighted by molar-refractivity contribution is 5.52. The van der Waals surface area contributed by atoms with Gasteiger partial charge in [-0.15, -0.1) is 0 Å². The normalized spacial score (nSPS) is 16.6. The molecule has 122 valence electrons. The van der Waals surface area contributed by atoms with Crippen LogP contribution in [0, 0.1) is 0 Å². The topological polar surface area (TPSA) is 64.5 Å². The van der Waals surface area contributed by atoms with Gasteiger partial charge in [0, 0.05) is 18.1 Å². The fourth-order valence-corrected chi connectivity index (χ4v) is 3.18. The molecule has 1 aliphatic rings. The maximum atomic E-state index is 10.4. The van der Waals surface area contributed by atoms with Crippen molar-refractivity contribution in [2.45, 2.75) is 12.5 Å². The van der Waals surface area contributed by atoms with E-state index in [1.54, 1.807) is 27.4 Å². The zero-order valence-corrected chi connectivity index (χ0v) is 13.6. The standard InChI is InChI=1S/C18H21NO4/c1-21-12-4-5-13(15(20)9-12)18-14-10-17(23-3)16(22-2)8-11(14)6-7-19-18/h4-5,8-10,18-20H,6-7H2,1-3H3/p+1/t18-/m1/s1. The quantitative estimate of drug-likeness (QED) is 0.900. The monoisotopic (exact) mass is 316 g/mol. The zero-order chi connectivity index (χ0) is 16.4. The number of hydrogen-bond donors (Lipinski definition) is 2. The largest absolute Gasteiger partial charge is 0.507 e. The highest BCUT2D eigenvalue weighted by Crippen LogP contribution is 2.38. The Kier molecular flexibility index (Phi) is 4.30. The minimum absolute atomic E-state index is 0.0319. The summed E-state index contributed by atoms with van der Waals surface area (Å²) in [6.07, 6.45) is 0.961. The van der Waals surface area contributed by atoms with Gasteiger partial charge in [0.25, 0.3) is 0 Å². The number of methoxy groups -OCH3 is 3. The van der Waals surface area contributed by atoms with E-state index in [9.17, 15) is 5.11 Å². The summed E-state index contributed by atoms with van der Waals surface area (Å²) < 4.78 is 16.0. The number of aromatic hydroxyl groups is 1. The molecule has 0 fully saturated rings. The summed E-state index contributed by atoms with van der Waals surface area (Å²) in [7, 11) is 4.87. The first kappa shape index (κ1) is 15.5. The Balaban J connectivity index is 2.07. The molecule has 0 bridgehead atoms. The number of fused-ring (bicyclic) bond motifs is 1. The van der Waals surface area contributed by atoms with Crippen LogP contribution >= 0.6 is 0 Å². The molecule has 0 aliphatic carbocycles. The van der Waals surface area contributed by atoms with Crippen LogP contribution in [0.1, 0.15) is 22.7 Å². The second-order valence-corrected chi connectivity index (χ2v) is 5.58. The van der Waals surface area contributed by atoms with Crippen molar-refractivity contribution in [3.63, 3.8) is 0 Å². The van der Waals surface area contributed by atoms with Crippen LogP contribution in [0.2, 0.25) is 0 Å². The Morgan fingerprint density at radius 3 is 2.35 bits per heavy atom. The van der Waals surface area contributed by atoms with Crippen molar-refractivity contribution in [2.75, 3.05) is 27.9 Å². The SMILES string of the molecule is COc1ccc([C@H]2[NH2+]CCc3cc(OC)c(OC)cc32)c(O)c1. The predicted molar refractivity (Wildman–Crippen MR) is 86.5 cm³/mol. The van der Waals surface area contributed by atoms with Gasteiger partial charge in [0.05, 0.1) is 33.4 Å². The molecule has 0 radical (unpaired) electrons. The van der Waals surface area contributed by atoms with E-state index >= 15 is 0 Å². The lowest BCUT2D eigenvalue weighted by atomic mass is 9.89. The number of phenols is 1. The van der Waals surface area contributed by atoms with Gasteiger partial charge in [-0.3, -0.25) is 0 Å². The predicted octanol–water partition coefficient (Wildman–Crippen LogP) is 1.63. The van der Waals surface area contributed by atoms with Gasteiger partial charge in [-0.2, -0.15) is 0 Å². The number of ether oxygens (including phenoxy) is 3. The van der Waals surface area contributed by atoms with Crippen molar-refractivity contribution in [2.24, 2.45) is 0 Å². The van der Waals surface area contributed by atoms with Crippen LogP contribution in [-0.2, 0) is 6.42 Å². The van der Waals surface area contributed by atoms with Gasteiger partial charge in [0.2, 0.25) is 0 Å². The number of nitrogens with two attached hydrogens (primary N) is 1. The van der Waals surface area contributed by atoms with Crippen LogP contribution < -0.4 is 19.5 Å². The minimum atomic E-state index is 0.0319. The Hall–Kier alpha value is -2.40. The fourth-order valence-electron chi connectivity index (χ4n) is 3.18. The van der Waals surface area contributed by atoms with Crippen LogP contribution in [0.5, 0.6) is 23.0 Å². The van der Waals surface area contributed by atoms with Crippen LogP contribution in [0.4, 0.5) is 0 Å². The molecule has 2 aromatic carbocycles. The van der Waals surface area contributed by atoms with Gasteiger partial charge in [0.1, 0.15) is 17.5 Å². The third kappa shape index (κ3) is 2.80. The Morgan fingerprint density at radius 1 is 0.957 bits per heavy atom. The smallest absolute Gasteiger partial charge is 0.161 e. The molecule has 0 unspecified atom stereocenters. The molecule has 0 saturated carbocycles. The van der Waals surface area contributed by atoms with Gasteiger partial charge in [-0.1, -0.05) is 0 Å². The highest BCUT2D eigenvalue weighted by atomic mass is 16.5. The van der Waals surface area contributed by atoms with Crippen LogP contribution in [-0.4, -0.2) is 33.0 Å². The third-order valence-electron chi connectivity index (χ3n) is 4.37. The number of phenolic OH excluding ortho intramolecular Hbond substituents is 1. The van der Waals surface area contributed by atoms with E-state index in [1.165, 1.54) is 5.56 Å². The van der Waals surface area contributed by atoms with Gasteiger partial charge in [-0.05, 0) is 29.8 Å². The van der Waals surface area contributed by atoms with Gasteiger partial charge in [-0.25, -0.2) is 0 Å². The van der Waals surface area contributed by atoms with Crippen molar-refractivity contribution < 1.29 is 24.6 Å². The van der Waals surface area contributed by atoms with Crippen LogP contribution in [0.25, 0.3) is 0 Å². The van der Waals surface area contributed by atoms with Crippen molar-refractivity contribution in [3.8, 4) is 23.0 Å². The number of benzene rings is 2. The number of quaternary nitrogens is 1. The zero-order valence-electron chi connectivity index (χ0n) is 13.6. The minimum Gasteiger partial charge on any atom is -0.507 e. The van der Waals surface area contributed by atoms with E-state index in [4.69, 9.17) is 14.2 Å². The highest BCUT2D eigenvalue weighted by Gasteiger charge is 2.29. The van der Waals surface area contributed by atoms with Crippen LogP contribution in [0.15, 0.2) is 30.3 Å². The molecular weight excluding hydrogens is 294 g/mol. The first-order chi connectivity index (χ1) is 11.2. The molecule has 0 spiro atoms. The second-order valence-electron chi connectivity index (χ2n) is 5.58. The van der Waals surface area contributed by atoms with E-state index in [-0.39, 0.29) is 11.8 Å². The summed E-state index contributed by atoms with van der Waals surface area (Å²) in [5, 5.41) is 12.6. The summed E-state index contributed by atoms with van der Waals surface area (Å²) in [4.78, 5) is 0. The second kappa shape index (κ2) is 6.38. The van der Waals surface area contributed by atoms with E-state index in [2.05, 4.69) is 5.32 Å². The lowest BCUT2D eigenvalue weighted by molar-refractivity contribution is -0.690. The summed E-state index contributed by atoms with van der Waals surface area (Å²) >= 11 is 0. The fraction of sp³-hybridized carbons (Fsp3) is 0.333. The maximum absolute atomic E-state index is 10.4. The number of rotatable bonds is 4. The summed E-state index contributed by atoms with van der Waals surface area (Å²) in [5.74, 6) is 2.34. The molecule has 1 atom stereocenters. The molecule has 23 heavy (non-hydrogen) atoms. The summed E-state index contributed by atoms with van der Waals surface area (Å²) in [6.45, 7) is 0.957. The molecule has 5 nitrogen and oxygen atoms in total. The Labute approximate surface area is 135 Å². The van der Waals surface area contributed by atoms with Crippen molar-refractivity contribution in [3.05, 3.63) is 47.0 Å². The first-order valence-electron chi connectivity index (χ1n) is 7.63. The van der Waals surface area contributed by atoms with Gasteiger partial charge < -0.3 is 24.6 Å². The molecule has 0 aromatic heterocycles. The molecule has 3 rings (SSSR count). The Bertz CT molecular complexity index is 714. The van der Waals surface area contributed by atoms with E-state index in [1.807, 2.05) is 24.3 Å². The van der Waals surface area contributed by atoms with Gasteiger partial charge in [0.15, 0.2) is 11.5 Å². The lowest BCUT2D eigenvalue weighted by Crippen LogP contribution is -2.87. The van der Waals surface area contributed by atoms with Crippen molar-refractivity contribution in [1.82, 2.24) is 0 Å². The molecule has 0 saturated heterocycles. The maximum Gasteiger partial charge on any atom is 0.161 e. The molecule has 5 heteroatoms. The van der Waals surface area contributed by atoms with E-state index < -0.39 is 0 Å². The molecule has 1 heterocycles. The van der Waals surface area contributed by atoms with E-state index in [0.29, 0.717) is 11.5 Å². The van der Waals surface area contributed by atoms with Gasteiger partial charge >= 0.3 is 0 Å². The summed E-state index contributed by atoms with van der Waals surface area (Å²) in [6, 6.07) is 9.52. The third-order valence-corrected chi connectivity index (χ3v) is 4.37. The number of hydrogen-bond acceptors (Lipinski definition) is 4. The van der Waals surface area contributed by atoms with E-state index in [0.717, 1.165) is 29.8 Å². The summed E-state index contributed by atoms with van der Waals surface area (Å²) in [5.41, 5.74) is 3.25. The average molecular weight is 316 g/mol. The van der Waals surface area contributed by atoms with Crippen molar-refractivity contribution >= 4 is 0 Å². The van der Waals surface area contributed by atoms with Crippen LogP contribution in [0.3, 0.4) is 0 Å². The Morgan fingerprint density at radius 2 is 1.70 bits per heavy atom.